The first-order valence-corrected chi connectivity index (χ1v) is 9.91. The lowest BCUT2D eigenvalue weighted by molar-refractivity contribution is -0.139. The molecule has 148 valence electrons. The average Bonchev–Trinajstić information content (AvgIpc) is 3.29. The van der Waals surface area contributed by atoms with E-state index in [2.05, 4.69) is 34.5 Å². The Morgan fingerprint density at radius 1 is 1.21 bits per heavy atom. The fraction of sp³-hybridized carbons (Fsp3) is 0.455. The number of aryl methyl sites for hydroxylation is 1. The van der Waals surface area contributed by atoms with Crippen molar-refractivity contribution in [1.29, 1.82) is 0 Å². The number of nitrogens with zero attached hydrogens (tertiary/aromatic N) is 2. The van der Waals surface area contributed by atoms with Crippen LogP contribution in [0.1, 0.15) is 29.1 Å². The third kappa shape index (κ3) is 3.83. The Bertz CT molecular complexity index is 850. The molecule has 6 heteroatoms. The number of hydrogen-bond donors (Lipinski definition) is 1. The average molecular weight is 381 g/mol. The Balaban J connectivity index is 1.43. The zero-order chi connectivity index (χ0) is 19.7. The summed E-state index contributed by atoms with van der Waals surface area (Å²) in [7, 11) is 1.76. The molecule has 6 nitrogen and oxygen atoms in total. The lowest BCUT2D eigenvalue weighted by Crippen LogP contribution is -2.59. The van der Waals surface area contributed by atoms with E-state index in [-0.39, 0.29) is 24.3 Å². The standard InChI is InChI=1S/C22H27N3O3/c1-15-7-8-19(28-15)14-24(2)21(26)13-20-22(27)23-9-10-25(20)18-11-16-5-3-4-6-17(16)12-18/h3-8,18,20H,9-14H2,1-2H3,(H,23,27). The van der Waals surface area contributed by atoms with Crippen LogP contribution in [0.3, 0.4) is 0 Å². The summed E-state index contributed by atoms with van der Waals surface area (Å²) in [5.74, 6) is 1.49. The zero-order valence-electron chi connectivity index (χ0n) is 16.5. The number of furan rings is 1. The van der Waals surface area contributed by atoms with Crippen LogP contribution in [-0.4, -0.2) is 53.8 Å². The topological polar surface area (TPSA) is 65.8 Å². The number of amides is 2. The van der Waals surface area contributed by atoms with Gasteiger partial charge < -0.3 is 14.6 Å². The highest BCUT2D eigenvalue weighted by Crippen LogP contribution is 2.28. The van der Waals surface area contributed by atoms with Gasteiger partial charge in [0.2, 0.25) is 11.8 Å². The van der Waals surface area contributed by atoms with Gasteiger partial charge in [0.25, 0.3) is 0 Å². The summed E-state index contributed by atoms with van der Waals surface area (Å²) in [6.07, 6.45) is 2.07. The zero-order valence-corrected chi connectivity index (χ0v) is 16.5. The van der Waals surface area contributed by atoms with Crippen molar-refractivity contribution in [1.82, 2.24) is 15.1 Å². The van der Waals surface area contributed by atoms with Crippen molar-refractivity contribution >= 4 is 11.8 Å². The molecule has 0 radical (unpaired) electrons. The van der Waals surface area contributed by atoms with Crippen LogP contribution in [0, 0.1) is 6.92 Å². The molecular formula is C22H27N3O3. The normalized spacial score (nSPS) is 20.1. The Labute approximate surface area is 165 Å². The van der Waals surface area contributed by atoms with Gasteiger partial charge in [0.05, 0.1) is 19.0 Å². The van der Waals surface area contributed by atoms with Gasteiger partial charge >= 0.3 is 0 Å². The summed E-state index contributed by atoms with van der Waals surface area (Å²) in [5, 5.41) is 2.93. The van der Waals surface area contributed by atoms with Crippen LogP contribution in [0.15, 0.2) is 40.8 Å². The first-order chi connectivity index (χ1) is 13.5. The highest BCUT2D eigenvalue weighted by molar-refractivity contribution is 5.88. The van der Waals surface area contributed by atoms with Crippen LogP contribution in [0.25, 0.3) is 0 Å². The van der Waals surface area contributed by atoms with Gasteiger partial charge in [0.1, 0.15) is 11.5 Å². The van der Waals surface area contributed by atoms with E-state index >= 15 is 0 Å². The second-order valence-electron chi connectivity index (χ2n) is 7.84. The molecule has 2 aromatic rings. The summed E-state index contributed by atoms with van der Waals surface area (Å²) < 4.78 is 5.57. The number of benzene rings is 1. The third-order valence-corrected chi connectivity index (χ3v) is 5.85. The Kier molecular flexibility index (Phi) is 5.22. The first kappa shape index (κ1) is 18.7. The Morgan fingerprint density at radius 3 is 2.57 bits per heavy atom. The van der Waals surface area contributed by atoms with Gasteiger partial charge in [-0.05, 0) is 43.0 Å². The molecule has 28 heavy (non-hydrogen) atoms. The largest absolute Gasteiger partial charge is 0.464 e. The number of hydrogen-bond acceptors (Lipinski definition) is 4. The molecule has 1 saturated heterocycles. The monoisotopic (exact) mass is 381 g/mol. The van der Waals surface area contributed by atoms with Crippen molar-refractivity contribution in [2.45, 2.75) is 44.8 Å². The maximum atomic E-state index is 12.8. The van der Waals surface area contributed by atoms with Crippen LogP contribution in [0.5, 0.6) is 0 Å². The lowest BCUT2D eigenvalue weighted by Gasteiger charge is -2.39. The molecule has 1 aromatic heterocycles. The lowest BCUT2D eigenvalue weighted by atomic mass is 10.0. The number of fused-ring (bicyclic) bond motifs is 1. The molecule has 1 atom stereocenters. The van der Waals surface area contributed by atoms with Gasteiger partial charge in [0.15, 0.2) is 0 Å². The number of nitrogens with one attached hydrogen (secondary N) is 1. The minimum absolute atomic E-state index is 0.0437. The van der Waals surface area contributed by atoms with Crippen molar-refractivity contribution in [3.05, 3.63) is 59.0 Å². The van der Waals surface area contributed by atoms with Gasteiger partial charge in [-0.2, -0.15) is 0 Å². The van der Waals surface area contributed by atoms with Gasteiger partial charge in [-0.1, -0.05) is 24.3 Å². The van der Waals surface area contributed by atoms with Gasteiger partial charge in [-0.3, -0.25) is 14.5 Å². The fourth-order valence-corrected chi connectivity index (χ4v) is 4.36. The van der Waals surface area contributed by atoms with Gasteiger partial charge in [-0.15, -0.1) is 0 Å². The molecule has 2 aliphatic rings. The molecule has 1 unspecified atom stereocenters. The number of carbonyl (C=O) groups is 2. The minimum atomic E-state index is -0.415. The summed E-state index contributed by atoms with van der Waals surface area (Å²) >= 11 is 0. The molecule has 1 N–H and O–H groups in total. The molecule has 1 aromatic carbocycles. The highest BCUT2D eigenvalue weighted by atomic mass is 16.3. The number of rotatable bonds is 5. The van der Waals surface area contributed by atoms with Crippen LogP contribution in [0.4, 0.5) is 0 Å². The Hall–Kier alpha value is -2.60. The molecule has 1 aliphatic carbocycles. The predicted molar refractivity (Wildman–Crippen MR) is 106 cm³/mol. The molecule has 2 amide bonds. The van der Waals surface area contributed by atoms with E-state index in [1.807, 2.05) is 19.1 Å². The molecule has 0 bridgehead atoms. The summed E-state index contributed by atoms with van der Waals surface area (Å²) in [4.78, 5) is 29.3. The molecule has 1 fully saturated rings. The smallest absolute Gasteiger partial charge is 0.237 e. The maximum absolute atomic E-state index is 12.8. The SMILES string of the molecule is Cc1ccc(CN(C)C(=O)CC2C(=O)NCCN2C2Cc3ccccc3C2)o1. The molecular weight excluding hydrogens is 354 g/mol. The van der Waals surface area contributed by atoms with E-state index in [0.29, 0.717) is 13.1 Å². The molecule has 0 spiro atoms. The van der Waals surface area contributed by atoms with Crippen LogP contribution in [-0.2, 0) is 29.0 Å². The van der Waals surface area contributed by atoms with Crippen molar-refractivity contribution in [2.24, 2.45) is 0 Å². The summed E-state index contributed by atoms with van der Waals surface area (Å²) in [5.41, 5.74) is 2.71. The number of carbonyl (C=O) groups excluding carboxylic acids is 2. The van der Waals surface area contributed by atoms with Gasteiger partial charge in [-0.25, -0.2) is 0 Å². The first-order valence-electron chi connectivity index (χ1n) is 9.91. The van der Waals surface area contributed by atoms with Crippen molar-refractivity contribution < 1.29 is 14.0 Å². The van der Waals surface area contributed by atoms with E-state index in [0.717, 1.165) is 30.9 Å². The predicted octanol–water partition coefficient (Wildman–Crippen LogP) is 1.90. The minimum Gasteiger partial charge on any atom is -0.464 e. The highest BCUT2D eigenvalue weighted by Gasteiger charge is 2.38. The van der Waals surface area contributed by atoms with Crippen molar-refractivity contribution in [3.8, 4) is 0 Å². The van der Waals surface area contributed by atoms with Gasteiger partial charge in [0, 0.05) is 26.2 Å². The van der Waals surface area contributed by atoms with Crippen molar-refractivity contribution in [3.63, 3.8) is 0 Å². The molecule has 0 saturated carbocycles. The van der Waals surface area contributed by atoms with Crippen LogP contribution >= 0.6 is 0 Å². The van der Waals surface area contributed by atoms with Crippen LogP contribution in [0.2, 0.25) is 0 Å². The van der Waals surface area contributed by atoms with Crippen LogP contribution < -0.4 is 5.32 Å². The summed E-state index contributed by atoms with van der Waals surface area (Å²) in [6.45, 7) is 3.71. The quantitative estimate of drug-likeness (QED) is 0.859. The second-order valence-corrected chi connectivity index (χ2v) is 7.84. The fourth-order valence-electron chi connectivity index (χ4n) is 4.36. The van der Waals surface area contributed by atoms with E-state index in [4.69, 9.17) is 4.42 Å². The Morgan fingerprint density at radius 2 is 1.93 bits per heavy atom. The van der Waals surface area contributed by atoms with Crippen molar-refractivity contribution in [2.75, 3.05) is 20.1 Å². The van der Waals surface area contributed by atoms with E-state index in [1.165, 1.54) is 11.1 Å². The molecule has 2 heterocycles. The molecule has 4 rings (SSSR count). The van der Waals surface area contributed by atoms with E-state index < -0.39 is 6.04 Å². The third-order valence-electron chi connectivity index (χ3n) is 5.85. The summed E-state index contributed by atoms with van der Waals surface area (Å²) in [6, 6.07) is 12.1. The number of piperazine rings is 1. The van der Waals surface area contributed by atoms with E-state index in [1.54, 1.807) is 11.9 Å². The van der Waals surface area contributed by atoms with E-state index in [9.17, 15) is 9.59 Å². The second kappa shape index (κ2) is 7.80. The molecule has 1 aliphatic heterocycles. The maximum Gasteiger partial charge on any atom is 0.237 e.